The number of nitrogens with zero attached hydrogens (tertiary/aromatic N) is 5. The lowest BCUT2D eigenvalue weighted by molar-refractivity contribution is 0.437. The molecule has 16 aromatic rings. The van der Waals surface area contributed by atoms with Crippen LogP contribution in [-0.2, 0) is 10.8 Å². The zero-order valence-electron chi connectivity index (χ0n) is 60.6. The lowest BCUT2D eigenvalue weighted by Gasteiger charge is -2.47. The van der Waals surface area contributed by atoms with Gasteiger partial charge in [-0.15, -0.1) is 0 Å². The van der Waals surface area contributed by atoms with E-state index in [1.807, 2.05) is 0 Å². The van der Waals surface area contributed by atoms with Gasteiger partial charge in [-0.2, -0.15) is 0 Å². The molecule has 0 atom stereocenters. The van der Waals surface area contributed by atoms with Gasteiger partial charge in [-0.3, -0.25) is 0 Å². The van der Waals surface area contributed by atoms with Crippen LogP contribution < -0.4 is 62.0 Å². The highest BCUT2D eigenvalue weighted by Crippen LogP contribution is 2.64. The van der Waals surface area contributed by atoms with Crippen LogP contribution in [0.15, 0.2) is 376 Å². The van der Waals surface area contributed by atoms with Crippen molar-refractivity contribution in [2.24, 2.45) is 0 Å². The Hall–Kier alpha value is -13.6. The van der Waals surface area contributed by atoms with E-state index in [-0.39, 0.29) is 18.8 Å². The SMILES string of the molecule is CC(C)(C)c1cc2c3c(c1)N(c1ccccc1)c1cc4c(cc1B3c1ccccc1N2c1ccccc1)C1(c2cc3c(cc2O4)N(c2ccccc2)c2cc(N(c4ccccc4)c4ccccc4-c4ccccc4)cc4c2B3c2ccccc2N4c2ccccc2-c2ccccc2)c2ccccc2-c2ccccc21. The Labute approximate surface area is 637 Å². The molecule has 0 bridgehead atoms. The molecule has 5 aliphatic heterocycles. The number of para-hydroxylation sites is 8. The largest absolute Gasteiger partial charge is 0.457 e. The summed E-state index contributed by atoms with van der Waals surface area (Å²) in [7, 11) is 0. The van der Waals surface area contributed by atoms with E-state index in [1.54, 1.807) is 0 Å². The Morgan fingerprint density at radius 2 is 0.642 bits per heavy atom. The van der Waals surface area contributed by atoms with Crippen LogP contribution in [0.1, 0.15) is 48.6 Å². The van der Waals surface area contributed by atoms with Crippen LogP contribution in [0.4, 0.5) is 85.3 Å². The van der Waals surface area contributed by atoms with Gasteiger partial charge < -0.3 is 29.2 Å². The molecule has 8 heteroatoms. The normalized spacial score (nSPS) is 13.9. The van der Waals surface area contributed by atoms with E-state index in [2.05, 4.69) is 421 Å². The van der Waals surface area contributed by atoms with Gasteiger partial charge >= 0.3 is 0 Å². The number of hydrogen-bond acceptors (Lipinski definition) is 6. The molecular weight excluding hydrogens is 1320 g/mol. The highest BCUT2D eigenvalue weighted by Gasteiger charge is 2.55. The highest BCUT2D eigenvalue weighted by molar-refractivity contribution is 7.01. The van der Waals surface area contributed by atoms with Crippen molar-refractivity contribution in [3.05, 3.63) is 404 Å². The third-order valence-electron chi connectivity index (χ3n) is 23.8. The monoisotopic (exact) mass is 1390 g/mol. The Bertz CT molecular complexity index is 6320. The summed E-state index contributed by atoms with van der Waals surface area (Å²) in [6.07, 6.45) is 0. The zero-order valence-corrected chi connectivity index (χ0v) is 60.6. The topological polar surface area (TPSA) is 25.4 Å². The average Bonchev–Trinajstić information content (AvgIpc) is 1.42. The van der Waals surface area contributed by atoms with Gasteiger partial charge in [0.1, 0.15) is 11.5 Å². The minimum Gasteiger partial charge on any atom is -0.457 e. The number of benzene rings is 16. The fourth-order valence-electron chi connectivity index (χ4n) is 19.2. The van der Waals surface area contributed by atoms with Crippen molar-refractivity contribution in [2.45, 2.75) is 31.6 Å². The molecule has 0 unspecified atom stereocenters. The van der Waals surface area contributed by atoms with Crippen molar-refractivity contribution in [1.82, 2.24) is 0 Å². The Balaban J connectivity index is 0.849. The fourth-order valence-corrected chi connectivity index (χ4v) is 19.2. The molecule has 0 fully saturated rings. The molecule has 6 nitrogen and oxygen atoms in total. The van der Waals surface area contributed by atoms with Crippen LogP contribution in [0.3, 0.4) is 0 Å². The first-order valence-electron chi connectivity index (χ1n) is 38.0. The number of anilines is 15. The lowest BCUT2D eigenvalue weighted by Crippen LogP contribution is -2.62. The van der Waals surface area contributed by atoms with E-state index in [1.165, 1.54) is 77.7 Å². The Morgan fingerprint density at radius 3 is 1.14 bits per heavy atom. The number of ether oxygens (including phenoxy) is 1. The van der Waals surface area contributed by atoms with Crippen molar-refractivity contribution in [2.75, 3.05) is 24.5 Å². The summed E-state index contributed by atoms with van der Waals surface area (Å²) in [6, 6.07) is 141. The van der Waals surface area contributed by atoms with E-state index in [0.29, 0.717) is 0 Å². The summed E-state index contributed by atoms with van der Waals surface area (Å²) in [5, 5.41) is 0. The molecule has 0 saturated heterocycles. The highest BCUT2D eigenvalue weighted by atomic mass is 16.5. The second-order valence-corrected chi connectivity index (χ2v) is 30.6. The van der Waals surface area contributed by atoms with E-state index in [4.69, 9.17) is 4.74 Å². The summed E-state index contributed by atoms with van der Waals surface area (Å²) in [5.74, 6) is 1.63. The molecule has 0 N–H and O–H groups in total. The Kier molecular flexibility index (Phi) is 14.0. The van der Waals surface area contributed by atoms with Gasteiger partial charge in [0.15, 0.2) is 0 Å². The predicted molar refractivity (Wildman–Crippen MR) is 456 cm³/mol. The van der Waals surface area contributed by atoms with Gasteiger partial charge in [0.25, 0.3) is 13.4 Å². The summed E-state index contributed by atoms with van der Waals surface area (Å²) in [5.41, 5.74) is 35.7. The number of fused-ring (bicyclic) bond motifs is 17. The second-order valence-electron chi connectivity index (χ2n) is 30.6. The maximum atomic E-state index is 8.16. The molecule has 22 rings (SSSR count). The molecule has 109 heavy (non-hydrogen) atoms. The third kappa shape index (κ3) is 9.31. The van der Waals surface area contributed by atoms with Crippen LogP contribution in [0.25, 0.3) is 33.4 Å². The fraction of sp³-hybridized carbons (Fsp3) is 0.0495. The van der Waals surface area contributed by atoms with Crippen molar-refractivity contribution >= 4 is 132 Å². The predicted octanol–water partition coefficient (Wildman–Crippen LogP) is 22.4. The molecule has 1 spiro atoms. The minimum absolute atomic E-state index is 0.165. The van der Waals surface area contributed by atoms with Crippen molar-refractivity contribution in [1.29, 1.82) is 0 Å². The van der Waals surface area contributed by atoms with Crippen LogP contribution in [0.2, 0.25) is 0 Å². The number of hydrogen-bond donors (Lipinski definition) is 0. The summed E-state index contributed by atoms with van der Waals surface area (Å²) in [6.45, 7) is 6.60. The second kappa shape index (κ2) is 24.2. The standard InChI is InChI=1S/C101H71B2N5O/c1-100(2,3)68-58-92-98-93(59-68)106(71-42-18-8-19-43-71)90-64-96-80(62-84(90)102(98)82-52-28-32-56-88(82)105(92)70-40-16-7-17-41-70)101(78-50-26-22-48-76(78)77-49-23-27-51-79(77)101)81-63-85-91(65-97(81)109-96)107(72-44-20-9-21-45-72)94-60-73(104(69-38-14-6-15-39-69)86-54-30-24-46-74(86)66-34-10-4-11-35-66)61-95-99(94)103(85)83-53-29-33-57-89(83)108(95)87-55-31-25-47-75(87)67-36-12-5-13-37-67/h4-65H,1-3H3. The minimum atomic E-state index is -0.886. The number of rotatable bonds is 9. The maximum absolute atomic E-state index is 8.16. The van der Waals surface area contributed by atoms with Gasteiger partial charge in [-0.05, 0) is 174 Å². The van der Waals surface area contributed by atoms with Gasteiger partial charge in [-0.25, -0.2) is 0 Å². The lowest BCUT2D eigenvalue weighted by atomic mass is 9.33. The molecule has 1 aliphatic carbocycles. The molecule has 0 aromatic heterocycles. The summed E-state index contributed by atoms with van der Waals surface area (Å²) in [4.78, 5) is 12.7. The van der Waals surface area contributed by atoms with Crippen LogP contribution >= 0.6 is 0 Å². The Morgan fingerprint density at radius 1 is 0.275 bits per heavy atom. The van der Waals surface area contributed by atoms with Crippen molar-refractivity contribution in [3.8, 4) is 44.9 Å². The first-order chi connectivity index (χ1) is 53.8. The summed E-state index contributed by atoms with van der Waals surface area (Å²) >= 11 is 0. The van der Waals surface area contributed by atoms with Gasteiger partial charge in [0, 0.05) is 103 Å². The summed E-state index contributed by atoms with van der Waals surface area (Å²) < 4.78 is 8.16. The van der Waals surface area contributed by atoms with Crippen LogP contribution in [0.5, 0.6) is 11.5 Å². The molecule has 16 aromatic carbocycles. The molecule has 0 saturated carbocycles. The molecule has 0 amide bonds. The zero-order chi connectivity index (χ0) is 72.2. The maximum Gasteiger partial charge on any atom is 0.252 e. The van der Waals surface area contributed by atoms with Crippen molar-refractivity contribution < 1.29 is 4.74 Å². The van der Waals surface area contributed by atoms with E-state index in [0.717, 1.165) is 113 Å². The molecule has 512 valence electrons. The quantitative estimate of drug-likeness (QED) is 0.134. The first-order valence-corrected chi connectivity index (χ1v) is 38.0. The molecule has 6 aliphatic rings. The van der Waals surface area contributed by atoms with Gasteiger partial charge in [-0.1, -0.05) is 288 Å². The van der Waals surface area contributed by atoms with Crippen LogP contribution in [-0.4, -0.2) is 13.4 Å². The average molecular weight is 1390 g/mol. The molecule has 0 radical (unpaired) electrons. The molecule has 5 heterocycles. The first kappa shape index (κ1) is 62.8. The van der Waals surface area contributed by atoms with Gasteiger partial charge in [0.2, 0.25) is 0 Å². The van der Waals surface area contributed by atoms with E-state index < -0.39 is 5.41 Å². The van der Waals surface area contributed by atoms with E-state index in [9.17, 15) is 0 Å². The van der Waals surface area contributed by atoms with Gasteiger partial charge in [0.05, 0.1) is 22.5 Å². The molecular formula is C101H71B2N5O. The van der Waals surface area contributed by atoms with Crippen LogP contribution in [0, 0.1) is 0 Å². The van der Waals surface area contributed by atoms with Crippen molar-refractivity contribution in [3.63, 3.8) is 0 Å². The smallest absolute Gasteiger partial charge is 0.252 e. The third-order valence-corrected chi connectivity index (χ3v) is 23.8. The van der Waals surface area contributed by atoms with E-state index >= 15 is 0 Å².